The molecule has 0 saturated heterocycles. The van der Waals surface area contributed by atoms with Gasteiger partial charge in [-0.05, 0) is 37.0 Å². The Hall–Kier alpha value is -3.41. The van der Waals surface area contributed by atoms with E-state index >= 15 is 0 Å². The third kappa shape index (κ3) is 2.70. The van der Waals surface area contributed by atoms with Gasteiger partial charge in [-0.15, -0.1) is 0 Å². The number of amides is 1. The van der Waals surface area contributed by atoms with E-state index in [1.165, 1.54) is 0 Å². The van der Waals surface area contributed by atoms with Crippen molar-refractivity contribution in [3.05, 3.63) is 54.6 Å². The van der Waals surface area contributed by atoms with E-state index in [0.29, 0.717) is 0 Å². The van der Waals surface area contributed by atoms with Crippen LogP contribution in [0.4, 0.5) is 0 Å². The van der Waals surface area contributed by atoms with Crippen LogP contribution in [0.25, 0.3) is 38.9 Å². The third-order valence-corrected chi connectivity index (χ3v) is 5.14. The van der Waals surface area contributed by atoms with Crippen LogP contribution >= 0.6 is 0 Å². The number of H-pyrrole nitrogens is 1. The zero-order chi connectivity index (χ0) is 18.2. The molecule has 4 aromatic rings. The maximum atomic E-state index is 10.8. The molecule has 0 radical (unpaired) electrons. The summed E-state index contributed by atoms with van der Waals surface area (Å²) in [5, 5.41) is 4.91. The van der Waals surface area contributed by atoms with E-state index in [4.69, 9.17) is 4.42 Å². The first-order chi connectivity index (χ1) is 13.3. The van der Waals surface area contributed by atoms with E-state index in [1.54, 1.807) is 6.33 Å². The standard InChI is InChI=1S/C21H18N4O2/c26-12-25-15-6-3-5-14(8-15)20-19-16(10-22-21(19)24-11-23-20)18-9-13-4-1-2-7-17(13)27-18/h1-2,4-5,7,9-12,15H,3,6,8H2,(H,25,26)(H,22,23,24). The summed E-state index contributed by atoms with van der Waals surface area (Å²) in [6.45, 7) is 0. The normalized spacial score (nSPS) is 17.2. The Kier molecular flexibility index (Phi) is 3.74. The van der Waals surface area contributed by atoms with Crippen molar-refractivity contribution in [3.63, 3.8) is 0 Å². The van der Waals surface area contributed by atoms with Crippen LogP contribution in [0, 0.1) is 0 Å². The zero-order valence-electron chi connectivity index (χ0n) is 14.6. The van der Waals surface area contributed by atoms with Crippen LogP contribution in [0.5, 0.6) is 0 Å². The van der Waals surface area contributed by atoms with Crippen molar-refractivity contribution in [1.29, 1.82) is 0 Å². The van der Waals surface area contributed by atoms with Crippen molar-refractivity contribution in [1.82, 2.24) is 20.3 Å². The molecule has 6 heteroatoms. The molecule has 134 valence electrons. The van der Waals surface area contributed by atoms with Crippen LogP contribution in [-0.4, -0.2) is 27.4 Å². The smallest absolute Gasteiger partial charge is 0.207 e. The fraction of sp³-hybridized carbons (Fsp3) is 0.190. The molecule has 27 heavy (non-hydrogen) atoms. The van der Waals surface area contributed by atoms with Gasteiger partial charge in [-0.2, -0.15) is 0 Å². The van der Waals surface area contributed by atoms with Gasteiger partial charge < -0.3 is 14.7 Å². The summed E-state index contributed by atoms with van der Waals surface area (Å²) in [4.78, 5) is 23.0. The van der Waals surface area contributed by atoms with E-state index in [0.717, 1.165) is 70.3 Å². The highest BCUT2D eigenvalue weighted by Gasteiger charge is 2.22. The van der Waals surface area contributed by atoms with E-state index in [1.807, 2.05) is 36.5 Å². The van der Waals surface area contributed by atoms with Crippen LogP contribution in [0.1, 0.15) is 25.0 Å². The first kappa shape index (κ1) is 15.8. The van der Waals surface area contributed by atoms with Crippen LogP contribution in [0.3, 0.4) is 0 Å². The molecule has 0 bridgehead atoms. The van der Waals surface area contributed by atoms with Gasteiger partial charge in [-0.1, -0.05) is 24.3 Å². The molecule has 3 heterocycles. The molecule has 5 rings (SSSR count). The lowest BCUT2D eigenvalue weighted by Gasteiger charge is -2.22. The van der Waals surface area contributed by atoms with Crippen molar-refractivity contribution in [3.8, 4) is 11.3 Å². The van der Waals surface area contributed by atoms with Gasteiger partial charge in [0.2, 0.25) is 6.41 Å². The molecule has 3 aromatic heterocycles. The van der Waals surface area contributed by atoms with Crippen LogP contribution in [0.2, 0.25) is 0 Å². The molecule has 1 amide bonds. The maximum Gasteiger partial charge on any atom is 0.207 e. The lowest BCUT2D eigenvalue weighted by molar-refractivity contribution is -0.110. The Morgan fingerprint density at radius 3 is 3.07 bits per heavy atom. The summed E-state index contributed by atoms with van der Waals surface area (Å²) in [7, 11) is 0. The zero-order valence-corrected chi connectivity index (χ0v) is 14.6. The largest absolute Gasteiger partial charge is 0.456 e. The van der Waals surface area contributed by atoms with Crippen molar-refractivity contribution in [2.24, 2.45) is 0 Å². The number of furan rings is 1. The molecule has 2 N–H and O–H groups in total. The van der Waals surface area contributed by atoms with Gasteiger partial charge >= 0.3 is 0 Å². The molecule has 1 aliphatic carbocycles. The number of nitrogens with zero attached hydrogens (tertiary/aromatic N) is 2. The van der Waals surface area contributed by atoms with Crippen molar-refractivity contribution in [2.45, 2.75) is 25.3 Å². The Bertz CT molecular complexity index is 1140. The van der Waals surface area contributed by atoms with Gasteiger partial charge in [0.1, 0.15) is 23.3 Å². The van der Waals surface area contributed by atoms with Gasteiger partial charge in [0.05, 0.1) is 11.1 Å². The first-order valence-electron chi connectivity index (χ1n) is 9.03. The Morgan fingerprint density at radius 1 is 1.26 bits per heavy atom. The molecular formula is C21H18N4O2. The molecule has 1 unspecified atom stereocenters. The van der Waals surface area contributed by atoms with Gasteiger partial charge in [-0.3, -0.25) is 4.79 Å². The minimum atomic E-state index is 0.140. The highest BCUT2D eigenvalue weighted by atomic mass is 16.3. The molecular weight excluding hydrogens is 340 g/mol. The van der Waals surface area contributed by atoms with Gasteiger partial charge in [0.15, 0.2) is 0 Å². The summed E-state index contributed by atoms with van der Waals surface area (Å²) < 4.78 is 6.07. The second-order valence-corrected chi connectivity index (χ2v) is 6.79. The Labute approximate surface area is 155 Å². The average Bonchev–Trinajstić information content (AvgIpc) is 3.32. The molecule has 0 fully saturated rings. The lowest BCUT2D eigenvalue weighted by Crippen LogP contribution is -2.29. The molecule has 0 saturated carbocycles. The number of carbonyl (C=O) groups excluding carboxylic acids is 1. The number of hydrogen-bond donors (Lipinski definition) is 2. The van der Waals surface area contributed by atoms with E-state index in [9.17, 15) is 4.79 Å². The number of allylic oxidation sites excluding steroid dienone is 1. The molecule has 6 nitrogen and oxygen atoms in total. The van der Waals surface area contributed by atoms with Crippen molar-refractivity contribution >= 4 is 34.0 Å². The topological polar surface area (TPSA) is 83.8 Å². The van der Waals surface area contributed by atoms with Crippen LogP contribution in [-0.2, 0) is 4.79 Å². The number of hydrogen-bond acceptors (Lipinski definition) is 4. The molecule has 1 aliphatic rings. The summed E-state index contributed by atoms with van der Waals surface area (Å²) in [5.74, 6) is 0.789. The predicted octanol–water partition coefficient (Wildman–Crippen LogP) is 4.05. The molecule has 0 spiro atoms. The van der Waals surface area contributed by atoms with Crippen molar-refractivity contribution in [2.75, 3.05) is 0 Å². The second-order valence-electron chi connectivity index (χ2n) is 6.79. The van der Waals surface area contributed by atoms with Gasteiger partial charge in [-0.25, -0.2) is 9.97 Å². The maximum absolute atomic E-state index is 10.8. The fourth-order valence-corrected chi connectivity index (χ4v) is 3.86. The molecule has 1 atom stereocenters. The highest BCUT2D eigenvalue weighted by molar-refractivity contribution is 6.00. The van der Waals surface area contributed by atoms with E-state index in [-0.39, 0.29) is 6.04 Å². The van der Waals surface area contributed by atoms with E-state index < -0.39 is 0 Å². The first-order valence-corrected chi connectivity index (χ1v) is 9.03. The number of aromatic nitrogens is 3. The Morgan fingerprint density at radius 2 is 2.19 bits per heavy atom. The number of aromatic amines is 1. The summed E-state index contributed by atoms with van der Waals surface area (Å²) in [6.07, 6.45) is 9.10. The Balaban J connectivity index is 1.65. The van der Waals surface area contributed by atoms with Crippen LogP contribution < -0.4 is 5.32 Å². The second kappa shape index (κ2) is 6.39. The number of nitrogens with one attached hydrogen (secondary N) is 2. The minimum Gasteiger partial charge on any atom is -0.456 e. The summed E-state index contributed by atoms with van der Waals surface area (Å²) in [5.41, 5.74) is 4.61. The van der Waals surface area contributed by atoms with E-state index in [2.05, 4.69) is 26.3 Å². The quantitative estimate of drug-likeness (QED) is 0.539. The van der Waals surface area contributed by atoms with Crippen LogP contribution in [0.15, 0.2) is 53.3 Å². The fourth-order valence-electron chi connectivity index (χ4n) is 3.86. The average molecular weight is 358 g/mol. The number of fused-ring (bicyclic) bond motifs is 2. The van der Waals surface area contributed by atoms with Gasteiger partial charge in [0, 0.05) is 23.2 Å². The number of rotatable bonds is 4. The third-order valence-electron chi connectivity index (χ3n) is 5.14. The molecule has 0 aliphatic heterocycles. The number of carbonyl (C=O) groups is 1. The number of benzene rings is 1. The minimum absolute atomic E-state index is 0.140. The van der Waals surface area contributed by atoms with Crippen molar-refractivity contribution < 1.29 is 9.21 Å². The predicted molar refractivity (Wildman–Crippen MR) is 104 cm³/mol. The number of para-hydroxylation sites is 1. The molecule has 1 aromatic carbocycles. The lowest BCUT2D eigenvalue weighted by atomic mass is 9.91. The van der Waals surface area contributed by atoms with Gasteiger partial charge in [0.25, 0.3) is 0 Å². The SMILES string of the molecule is O=CNC1CCC=C(c2ncnc3[nH]cc(-c4cc5ccccc5o4)c23)C1. The summed E-state index contributed by atoms with van der Waals surface area (Å²) in [6, 6.07) is 10.1. The monoisotopic (exact) mass is 358 g/mol. The summed E-state index contributed by atoms with van der Waals surface area (Å²) >= 11 is 0. The highest BCUT2D eigenvalue weighted by Crippen LogP contribution is 2.37.